The van der Waals surface area contributed by atoms with Crippen LogP contribution in [0, 0.1) is 0 Å². The van der Waals surface area contributed by atoms with Crippen LogP contribution in [0.4, 0.5) is 0 Å². The molecule has 0 atom stereocenters. The van der Waals surface area contributed by atoms with Gasteiger partial charge >= 0.3 is 11.9 Å². The molecule has 0 amide bonds. The molecule has 0 bridgehead atoms. The van der Waals surface area contributed by atoms with Gasteiger partial charge in [-0.3, -0.25) is 0 Å². The van der Waals surface area contributed by atoms with E-state index in [2.05, 4.69) is 19.1 Å². The Bertz CT molecular complexity index is 1290. The molecule has 39 heavy (non-hydrogen) atoms. The fourth-order valence-corrected chi connectivity index (χ4v) is 5.91. The number of unbranched alkanes of at least 4 members (excludes halogenated alkanes) is 2. The van der Waals surface area contributed by atoms with Crippen LogP contribution in [0.5, 0.6) is 11.5 Å². The molecule has 0 spiro atoms. The van der Waals surface area contributed by atoms with Gasteiger partial charge in [-0.1, -0.05) is 56.2 Å². The molecular formula is C33H40O6. The summed E-state index contributed by atoms with van der Waals surface area (Å²) >= 11 is 0. The summed E-state index contributed by atoms with van der Waals surface area (Å²) < 4.78 is 23.7. The van der Waals surface area contributed by atoms with Crippen LogP contribution in [0.1, 0.15) is 83.1 Å². The molecule has 0 N–H and O–H groups in total. The van der Waals surface area contributed by atoms with E-state index in [4.69, 9.17) is 18.9 Å². The molecule has 0 heterocycles. The first-order valence-corrected chi connectivity index (χ1v) is 14.7. The second-order valence-corrected chi connectivity index (χ2v) is 10.9. The molecule has 2 aliphatic rings. The number of hydrogen-bond donors (Lipinski definition) is 0. The normalized spacial score (nSPS) is 16.1. The molecule has 0 aliphatic heterocycles. The molecule has 2 saturated carbocycles. The van der Waals surface area contributed by atoms with Gasteiger partial charge in [0.25, 0.3) is 0 Å². The average molecular weight is 533 g/mol. The number of rotatable bonds is 12. The van der Waals surface area contributed by atoms with Gasteiger partial charge in [0.05, 0.1) is 0 Å². The van der Waals surface area contributed by atoms with E-state index in [1.807, 2.05) is 30.3 Å². The summed E-state index contributed by atoms with van der Waals surface area (Å²) in [6.45, 7) is 1.90. The third-order valence-corrected chi connectivity index (χ3v) is 7.93. The van der Waals surface area contributed by atoms with E-state index in [9.17, 15) is 9.59 Å². The predicted molar refractivity (Wildman–Crippen MR) is 152 cm³/mol. The standard InChI is InChI=1S/C33H40O6/c1-2-3-4-11-23-18-19-28-29(20-23)33(37-22-31(35)39-25-14-7-8-15-25)27-17-10-9-16-26(27)32(28)36-21-30(34)38-24-12-5-6-13-24/h9-10,16-20,24-25H,2-8,11-15,21-22H2,1H3. The van der Waals surface area contributed by atoms with Crippen molar-refractivity contribution in [2.75, 3.05) is 13.2 Å². The van der Waals surface area contributed by atoms with E-state index in [0.717, 1.165) is 92.2 Å². The van der Waals surface area contributed by atoms with E-state index in [-0.39, 0.29) is 37.4 Å². The molecule has 0 aromatic heterocycles. The maximum Gasteiger partial charge on any atom is 0.344 e. The molecule has 5 rings (SSSR count). The fourth-order valence-electron chi connectivity index (χ4n) is 5.91. The van der Waals surface area contributed by atoms with Gasteiger partial charge in [-0.25, -0.2) is 9.59 Å². The Balaban J connectivity index is 1.45. The molecule has 6 heteroatoms. The van der Waals surface area contributed by atoms with Crippen molar-refractivity contribution in [3.05, 3.63) is 48.0 Å². The van der Waals surface area contributed by atoms with E-state index >= 15 is 0 Å². The van der Waals surface area contributed by atoms with Crippen LogP contribution in [0.3, 0.4) is 0 Å². The lowest BCUT2D eigenvalue weighted by Gasteiger charge is -2.19. The van der Waals surface area contributed by atoms with Crippen molar-refractivity contribution in [1.82, 2.24) is 0 Å². The number of carbonyl (C=O) groups excluding carboxylic acids is 2. The molecule has 0 radical (unpaired) electrons. The number of esters is 2. The van der Waals surface area contributed by atoms with Gasteiger partial charge < -0.3 is 18.9 Å². The maximum atomic E-state index is 12.6. The van der Waals surface area contributed by atoms with Gasteiger partial charge in [-0.15, -0.1) is 0 Å². The lowest BCUT2D eigenvalue weighted by Crippen LogP contribution is -2.21. The third kappa shape index (κ3) is 6.84. The van der Waals surface area contributed by atoms with Crippen LogP contribution < -0.4 is 9.47 Å². The Kier molecular flexibility index (Phi) is 9.23. The second kappa shape index (κ2) is 13.2. The van der Waals surface area contributed by atoms with Gasteiger partial charge in [0, 0.05) is 21.5 Å². The van der Waals surface area contributed by atoms with Crippen molar-refractivity contribution in [2.24, 2.45) is 0 Å². The van der Waals surface area contributed by atoms with Crippen molar-refractivity contribution in [3.8, 4) is 11.5 Å². The first-order valence-electron chi connectivity index (χ1n) is 14.7. The molecule has 0 unspecified atom stereocenters. The van der Waals surface area contributed by atoms with Gasteiger partial charge in [-0.2, -0.15) is 0 Å². The molecule has 208 valence electrons. The number of hydrogen-bond acceptors (Lipinski definition) is 6. The fraction of sp³-hybridized carbons (Fsp3) is 0.515. The summed E-state index contributed by atoms with van der Waals surface area (Å²) in [7, 11) is 0. The minimum atomic E-state index is -0.342. The second-order valence-electron chi connectivity index (χ2n) is 10.9. The van der Waals surface area contributed by atoms with E-state index in [0.29, 0.717) is 11.5 Å². The Morgan fingerprint density at radius 1 is 0.692 bits per heavy atom. The van der Waals surface area contributed by atoms with E-state index in [1.54, 1.807) is 0 Å². The van der Waals surface area contributed by atoms with Crippen molar-refractivity contribution in [3.63, 3.8) is 0 Å². The monoisotopic (exact) mass is 532 g/mol. The maximum absolute atomic E-state index is 12.6. The average Bonchev–Trinajstić information content (AvgIpc) is 3.65. The quantitative estimate of drug-likeness (QED) is 0.137. The number of aryl methyl sites for hydroxylation is 1. The zero-order chi connectivity index (χ0) is 27.0. The summed E-state index contributed by atoms with van der Waals surface area (Å²) in [5.74, 6) is 0.589. The smallest absolute Gasteiger partial charge is 0.344 e. The molecule has 2 fully saturated rings. The summed E-state index contributed by atoms with van der Waals surface area (Å²) in [6.07, 6.45) is 12.5. The highest BCUT2D eigenvalue weighted by Crippen LogP contribution is 2.43. The number of carbonyl (C=O) groups is 2. The molecule has 3 aromatic rings. The first-order chi connectivity index (χ1) is 19.1. The predicted octanol–water partition coefficient (Wildman–Crippen LogP) is 7.45. The number of ether oxygens (including phenoxy) is 4. The molecular weight excluding hydrogens is 492 g/mol. The Labute approximate surface area is 230 Å². The zero-order valence-corrected chi connectivity index (χ0v) is 23.0. The summed E-state index contributed by atoms with van der Waals surface area (Å²) in [4.78, 5) is 25.3. The minimum absolute atomic E-state index is 0.0000297. The van der Waals surface area contributed by atoms with Crippen LogP contribution in [0.2, 0.25) is 0 Å². The van der Waals surface area contributed by atoms with Crippen LogP contribution in [-0.2, 0) is 25.5 Å². The first kappa shape index (κ1) is 27.3. The SMILES string of the molecule is CCCCCc1ccc2c(OCC(=O)OC3CCCC3)c3ccccc3c(OCC(=O)OC3CCCC3)c2c1. The third-order valence-electron chi connectivity index (χ3n) is 7.93. The highest BCUT2D eigenvalue weighted by atomic mass is 16.6. The van der Waals surface area contributed by atoms with Crippen LogP contribution in [0.25, 0.3) is 21.5 Å². The summed E-state index contributed by atoms with van der Waals surface area (Å²) in [6, 6.07) is 14.1. The zero-order valence-electron chi connectivity index (χ0n) is 23.0. The molecule has 0 saturated heterocycles. The van der Waals surface area contributed by atoms with Crippen LogP contribution in [0.15, 0.2) is 42.5 Å². The summed E-state index contributed by atoms with van der Waals surface area (Å²) in [5.41, 5.74) is 1.20. The van der Waals surface area contributed by atoms with Gasteiger partial charge in [0.15, 0.2) is 13.2 Å². The highest BCUT2D eigenvalue weighted by molar-refractivity contribution is 6.11. The number of benzene rings is 3. The lowest BCUT2D eigenvalue weighted by atomic mass is 9.97. The van der Waals surface area contributed by atoms with Crippen molar-refractivity contribution < 1.29 is 28.5 Å². The summed E-state index contributed by atoms with van der Waals surface area (Å²) in [5, 5.41) is 3.39. The topological polar surface area (TPSA) is 71.1 Å². The molecule has 6 nitrogen and oxygen atoms in total. The van der Waals surface area contributed by atoms with Crippen LogP contribution >= 0.6 is 0 Å². The molecule has 2 aliphatic carbocycles. The van der Waals surface area contributed by atoms with Gasteiger partial charge in [0.2, 0.25) is 0 Å². The van der Waals surface area contributed by atoms with E-state index < -0.39 is 0 Å². The van der Waals surface area contributed by atoms with E-state index in [1.165, 1.54) is 12.0 Å². The number of fused-ring (bicyclic) bond motifs is 2. The van der Waals surface area contributed by atoms with Crippen molar-refractivity contribution in [2.45, 2.75) is 96.2 Å². The van der Waals surface area contributed by atoms with Gasteiger partial charge in [0.1, 0.15) is 23.7 Å². The highest BCUT2D eigenvalue weighted by Gasteiger charge is 2.23. The largest absolute Gasteiger partial charge is 0.481 e. The Hall–Kier alpha value is -3.28. The van der Waals surface area contributed by atoms with Crippen molar-refractivity contribution >= 4 is 33.5 Å². The van der Waals surface area contributed by atoms with Gasteiger partial charge in [-0.05, 0) is 75.8 Å². The van der Waals surface area contributed by atoms with Crippen molar-refractivity contribution in [1.29, 1.82) is 0 Å². The Morgan fingerprint density at radius 2 is 1.21 bits per heavy atom. The van der Waals surface area contributed by atoms with Crippen LogP contribution in [-0.4, -0.2) is 37.4 Å². The lowest BCUT2D eigenvalue weighted by molar-refractivity contribution is -0.152. The minimum Gasteiger partial charge on any atom is -0.481 e. The Morgan fingerprint density at radius 3 is 1.74 bits per heavy atom. The molecule has 3 aromatic carbocycles.